The molecule has 0 saturated heterocycles. The largest absolute Gasteiger partial charge is 0.357 e. The van der Waals surface area contributed by atoms with E-state index in [-0.39, 0.29) is 29.9 Å². The van der Waals surface area contributed by atoms with E-state index in [2.05, 4.69) is 32.8 Å². The summed E-state index contributed by atoms with van der Waals surface area (Å²) in [5.74, 6) is 0.823. The highest BCUT2D eigenvalue weighted by Crippen LogP contribution is 2.11. The second-order valence-corrected chi connectivity index (χ2v) is 7.14. The first-order chi connectivity index (χ1) is 12.5. The number of aromatic nitrogens is 1. The van der Waals surface area contributed by atoms with Gasteiger partial charge >= 0.3 is 0 Å². The molecule has 6 nitrogen and oxygen atoms in total. The number of carbonyl (C=O) groups is 1. The van der Waals surface area contributed by atoms with Crippen molar-refractivity contribution in [1.82, 2.24) is 15.2 Å². The van der Waals surface area contributed by atoms with Crippen LogP contribution in [0.4, 0.5) is 5.69 Å². The number of hydrogen-bond donors (Lipinski definition) is 2. The summed E-state index contributed by atoms with van der Waals surface area (Å²) < 4.78 is 0. The van der Waals surface area contributed by atoms with Crippen molar-refractivity contribution in [3.05, 3.63) is 45.9 Å². The van der Waals surface area contributed by atoms with E-state index in [1.54, 1.807) is 11.3 Å². The average Bonchev–Trinajstić information content (AvgIpc) is 3.00. The number of hydrogen-bond acceptors (Lipinski definition) is 4. The standard InChI is InChI=1S/C19H27N5OS.HI/c1-5-20-19(24(4)12-18-13-26-15(3)23-18)21-11-10-16-6-8-17(9-7-16)22-14(2)25;/h6-9,13H,5,10-12H2,1-4H3,(H,20,21)(H,22,25);1H. The van der Waals surface area contributed by atoms with E-state index in [0.29, 0.717) is 6.54 Å². The minimum absolute atomic E-state index is 0. The number of nitrogens with one attached hydrogen (secondary N) is 2. The van der Waals surface area contributed by atoms with Crippen LogP contribution < -0.4 is 10.6 Å². The maximum absolute atomic E-state index is 11.1. The van der Waals surface area contributed by atoms with Gasteiger partial charge in [-0.15, -0.1) is 35.3 Å². The van der Waals surface area contributed by atoms with Crippen LogP contribution in [0.25, 0.3) is 0 Å². The molecular formula is C19H28IN5OS. The van der Waals surface area contributed by atoms with Crippen LogP contribution in [0.3, 0.4) is 0 Å². The zero-order valence-electron chi connectivity index (χ0n) is 16.3. The fraction of sp³-hybridized carbons (Fsp3) is 0.421. The Balaban J connectivity index is 0.00000364. The molecule has 8 heteroatoms. The van der Waals surface area contributed by atoms with Crippen LogP contribution in [-0.4, -0.2) is 41.9 Å². The molecule has 1 heterocycles. The van der Waals surface area contributed by atoms with E-state index < -0.39 is 0 Å². The molecule has 0 radical (unpaired) electrons. The van der Waals surface area contributed by atoms with Crippen LogP contribution in [0.5, 0.6) is 0 Å². The molecule has 27 heavy (non-hydrogen) atoms. The maximum atomic E-state index is 11.1. The molecule has 2 rings (SSSR count). The number of aliphatic imine (C=N–C) groups is 1. The SMILES string of the molecule is CCNC(=NCCc1ccc(NC(C)=O)cc1)N(C)Cc1csc(C)n1.I. The summed E-state index contributed by atoms with van der Waals surface area (Å²) in [4.78, 5) is 22.4. The van der Waals surface area contributed by atoms with Crippen LogP contribution in [-0.2, 0) is 17.8 Å². The van der Waals surface area contributed by atoms with Crippen LogP contribution in [0.2, 0.25) is 0 Å². The Hall–Kier alpha value is -1.68. The third-order valence-corrected chi connectivity index (χ3v) is 4.52. The van der Waals surface area contributed by atoms with E-state index in [4.69, 9.17) is 4.99 Å². The number of guanidine groups is 1. The van der Waals surface area contributed by atoms with E-state index >= 15 is 0 Å². The summed E-state index contributed by atoms with van der Waals surface area (Å²) in [6.45, 7) is 7.85. The van der Waals surface area contributed by atoms with Gasteiger partial charge in [0.2, 0.25) is 5.91 Å². The quantitative estimate of drug-likeness (QED) is 0.345. The highest BCUT2D eigenvalue weighted by atomic mass is 127. The molecule has 0 saturated carbocycles. The molecular weight excluding hydrogens is 473 g/mol. The Labute approximate surface area is 182 Å². The van der Waals surface area contributed by atoms with Gasteiger partial charge in [-0.1, -0.05) is 12.1 Å². The van der Waals surface area contributed by atoms with E-state index in [1.165, 1.54) is 12.5 Å². The number of amides is 1. The lowest BCUT2D eigenvalue weighted by atomic mass is 10.1. The summed E-state index contributed by atoms with van der Waals surface area (Å²) >= 11 is 1.67. The molecule has 1 aromatic carbocycles. The maximum Gasteiger partial charge on any atom is 0.221 e. The minimum Gasteiger partial charge on any atom is -0.357 e. The van der Waals surface area contributed by atoms with Crippen LogP contribution in [0.15, 0.2) is 34.6 Å². The molecule has 148 valence electrons. The number of halogens is 1. The molecule has 0 bridgehead atoms. The molecule has 0 fully saturated rings. The van der Waals surface area contributed by atoms with Crippen molar-refractivity contribution in [3.8, 4) is 0 Å². The Bertz CT molecular complexity index is 745. The minimum atomic E-state index is -0.0593. The molecule has 0 aliphatic carbocycles. The topological polar surface area (TPSA) is 69.6 Å². The lowest BCUT2D eigenvalue weighted by Crippen LogP contribution is -2.38. The predicted molar refractivity (Wildman–Crippen MR) is 124 cm³/mol. The van der Waals surface area contributed by atoms with Gasteiger partial charge in [0.25, 0.3) is 0 Å². The van der Waals surface area contributed by atoms with Crippen molar-refractivity contribution in [2.24, 2.45) is 4.99 Å². The van der Waals surface area contributed by atoms with E-state index in [0.717, 1.165) is 41.9 Å². The first kappa shape index (κ1) is 23.4. The van der Waals surface area contributed by atoms with Crippen molar-refractivity contribution in [3.63, 3.8) is 0 Å². The number of rotatable bonds is 7. The van der Waals surface area contributed by atoms with Gasteiger partial charge in [0.1, 0.15) is 0 Å². The summed E-state index contributed by atoms with van der Waals surface area (Å²) in [7, 11) is 2.03. The number of carbonyl (C=O) groups excluding carboxylic acids is 1. The Kier molecular flexibility index (Phi) is 10.3. The average molecular weight is 501 g/mol. The van der Waals surface area contributed by atoms with E-state index in [9.17, 15) is 4.79 Å². The van der Waals surface area contributed by atoms with Crippen LogP contribution in [0.1, 0.15) is 30.1 Å². The molecule has 2 aromatic rings. The second kappa shape index (κ2) is 11.9. The molecule has 0 atom stereocenters. The molecule has 1 amide bonds. The van der Waals surface area contributed by atoms with Gasteiger partial charge in [0.15, 0.2) is 5.96 Å². The molecule has 0 aliphatic heterocycles. The lowest BCUT2D eigenvalue weighted by Gasteiger charge is -2.21. The molecule has 1 aromatic heterocycles. The number of anilines is 1. The predicted octanol–water partition coefficient (Wildman–Crippen LogP) is 3.67. The Morgan fingerprint density at radius 2 is 2.00 bits per heavy atom. The summed E-state index contributed by atoms with van der Waals surface area (Å²) in [5, 5.41) is 9.28. The highest BCUT2D eigenvalue weighted by molar-refractivity contribution is 14.0. The lowest BCUT2D eigenvalue weighted by molar-refractivity contribution is -0.114. The van der Waals surface area contributed by atoms with E-state index in [1.807, 2.05) is 38.2 Å². The van der Waals surface area contributed by atoms with Gasteiger partial charge in [-0.05, 0) is 38.0 Å². The van der Waals surface area contributed by atoms with Crippen LogP contribution >= 0.6 is 35.3 Å². The van der Waals surface area contributed by atoms with Gasteiger partial charge in [-0.3, -0.25) is 9.79 Å². The smallest absolute Gasteiger partial charge is 0.221 e. The van der Waals surface area contributed by atoms with Gasteiger partial charge in [0.05, 0.1) is 17.2 Å². The zero-order chi connectivity index (χ0) is 18.9. The first-order valence-corrected chi connectivity index (χ1v) is 9.63. The summed E-state index contributed by atoms with van der Waals surface area (Å²) in [5.41, 5.74) is 3.07. The van der Waals surface area contributed by atoms with Crippen LogP contribution in [0, 0.1) is 6.92 Å². The van der Waals surface area contributed by atoms with Gasteiger partial charge in [-0.2, -0.15) is 0 Å². The monoisotopic (exact) mass is 501 g/mol. The van der Waals surface area contributed by atoms with Gasteiger partial charge < -0.3 is 15.5 Å². The zero-order valence-corrected chi connectivity index (χ0v) is 19.4. The first-order valence-electron chi connectivity index (χ1n) is 8.75. The molecule has 0 unspecified atom stereocenters. The van der Waals surface area contributed by atoms with Crippen molar-refractivity contribution in [2.75, 3.05) is 25.5 Å². The number of thiazole rings is 1. The molecule has 0 spiro atoms. The Morgan fingerprint density at radius 3 is 2.56 bits per heavy atom. The van der Waals surface area contributed by atoms with Crippen molar-refractivity contribution in [2.45, 2.75) is 33.7 Å². The van der Waals surface area contributed by atoms with Crippen molar-refractivity contribution < 1.29 is 4.79 Å². The Morgan fingerprint density at radius 1 is 1.30 bits per heavy atom. The van der Waals surface area contributed by atoms with Gasteiger partial charge in [-0.25, -0.2) is 4.98 Å². The number of benzene rings is 1. The summed E-state index contributed by atoms with van der Waals surface area (Å²) in [6, 6.07) is 7.88. The third kappa shape index (κ3) is 8.25. The second-order valence-electron chi connectivity index (χ2n) is 6.08. The normalized spacial score (nSPS) is 10.9. The fourth-order valence-corrected chi connectivity index (χ4v) is 3.12. The third-order valence-electron chi connectivity index (χ3n) is 3.70. The van der Waals surface area contributed by atoms with Crippen molar-refractivity contribution >= 4 is 52.9 Å². The fourth-order valence-electron chi connectivity index (χ4n) is 2.52. The molecule has 0 aliphatic rings. The number of nitrogens with zero attached hydrogens (tertiary/aromatic N) is 3. The molecule has 2 N–H and O–H groups in total. The van der Waals surface area contributed by atoms with Crippen molar-refractivity contribution in [1.29, 1.82) is 0 Å². The summed E-state index contributed by atoms with van der Waals surface area (Å²) in [6.07, 6.45) is 0.846. The highest BCUT2D eigenvalue weighted by Gasteiger charge is 2.08. The number of aryl methyl sites for hydroxylation is 1. The van der Waals surface area contributed by atoms with Gasteiger partial charge in [0, 0.05) is 38.1 Å².